The van der Waals surface area contributed by atoms with Crippen LogP contribution in [0.25, 0.3) is 22.3 Å². The van der Waals surface area contributed by atoms with Gasteiger partial charge in [-0.25, -0.2) is 4.39 Å². The molecule has 0 nitrogen and oxygen atoms in total. The number of benzene rings is 3. The van der Waals surface area contributed by atoms with Crippen LogP contribution < -0.4 is 5.46 Å². The van der Waals surface area contributed by atoms with Crippen LogP contribution in [-0.4, -0.2) is 7.85 Å². The molecule has 3 aromatic rings. The average Bonchev–Trinajstić information content (AvgIpc) is 2.51. The van der Waals surface area contributed by atoms with Crippen LogP contribution in [-0.2, 0) is 209 Å². The molecule has 0 unspecified atom stereocenters. The summed E-state index contributed by atoms with van der Waals surface area (Å²) in [7, 11) is 5.70. The second-order valence-corrected chi connectivity index (χ2v) is 5.16. The molecule has 0 aliphatic rings. The normalized spacial score (nSPS) is 8.19. The van der Waals surface area contributed by atoms with Gasteiger partial charge in [-0.3, -0.25) is 0 Å². The molecule has 8 radical (unpaired) electrons. The zero-order valence-electron chi connectivity index (χ0n) is 14.6. The van der Waals surface area contributed by atoms with Crippen LogP contribution in [0, 0.1) is 11.9 Å². The van der Waals surface area contributed by atoms with Gasteiger partial charge in [0.25, 0.3) is 0 Å². The minimum atomic E-state index is -0.288. The van der Waals surface area contributed by atoms with Gasteiger partial charge >= 0.3 is 0 Å². The van der Waals surface area contributed by atoms with Crippen LogP contribution in [0.3, 0.4) is 0 Å². The van der Waals surface area contributed by atoms with Crippen molar-refractivity contribution >= 4 is 25.9 Å². The summed E-state index contributed by atoms with van der Waals surface area (Å²) < 4.78 is 14.4. The van der Waals surface area contributed by atoms with Crippen molar-refractivity contribution < 1.29 is 201 Å². The van der Waals surface area contributed by atoms with Crippen LogP contribution in [0.4, 0.5) is 4.39 Å². The van der Waals surface area contributed by atoms with Crippen LogP contribution in [0.1, 0.15) is 0 Å². The van der Waals surface area contributed by atoms with Gasteiger partial charge in [0.15, 0.2) is 0 Å². The largest absolute Gasteiger partial charge is 0.780 e. The summed E-state index contributed by atoms with van der Waals surface area (Å²) in [4.78, 5) is 0.535. The molecule has 0 saturated heterocycles. The minimum Gasteiger partial charge on any atom is -0.780 e. The van der Waals surface area contributed by atoms with Gasteiger partial charge in [-0.1, -0.05) is 42.0 Å². The maximum Gasteiger partial charge on any atom is 0.122 e. The summed E-state index contributed by atoms with van der Waals surface area (Å²) in [6, 6.07) is 20.9. The summed E-state index contributed by atoms with van der Waals surface area (Å²) >= 11 is 5.13. The average molecular weight is 822 g/mol. The second kappa shape index (κ2) is 19.9. The zero-order valence-corrected chi connectivity index (χ0v) is 32.4. The summed E-state index contributed by atoms with van der Waals surface area (Å²) in [5.74, 6) is -0.288. The van der Waals surface area contributed by atoms with Gasteiger partial charge < -0.3 is 12.6 Å². The Kier molecular flexibility index (Phi) is 28.6. The van der Waals surface area contributed by atoms with E-state index >= 15 is 0 Å². The van der Waals surface area contributed by atoms with E-state index in [0.29, 0.717) is 15.9 Å². The van der Waals surface area contributed by atoms with E-state index in [4.69, 9.17) is 20.5 Å². The predicted molar refractivity (Wildman–Crippen MR) is 87.1 cm³/mol. The number of halogens is 1. The molecule has 0 aliphatic heterocycles. The zero-order chi connectivity index (χ0) is 14.8. The van der Waals surface area contributed by atoms with E-state index in [0.717, 1.165) is 16.7 Å². The van der Waals surface area contributed by atoms with E-state index in [1.807, 2.05) is 30.3 Å². The number of rotatable bonds is 2. The van der Waals surface area contributed by atoms with Crippen molar-refractivity contribution in [2.45, 2.75) is 4.90 Å². The van der Waals surface area contributed by atoms with E-state index in [-0.39, 0.29) is 202 Å². The van der Waals surface area contributed by atoms with E-state index in [1.54, 1.807) is 24.3 Å². The molecule has 118 valence electrons. The predicted octanol–water partition coefficient (Wildman–Crippen LogP) is 3.64. The van der Waals surface area contributed by atoms with Crippen molar-refractivity contribution in [3.8, 4) is 22.3 Å². The van der Waals surface area contributed by atoms with Gasteiger partial charge in [-0.2, -0.15) is 4.90 Å². The fourth-order valence-electron chi connectivity index (χ4n) is 2.19. The molecule has 0 N–H and O–H groups in total. The molecule has 0 aromatic heterocycles. The maximum atomic E-state index is 14.4. The van der Waals surface area contributed by atoms with E-state index in [9.17, 15) is 4.39 Å². The standard InChI is InChI=1S/C18H11BFS.6Y/c19-16-9-7-14(11-18(16)21)15-8-6-13(10-17(15)20)12-4-2-1-3-5-12;;;;;;/h1-4,6-11,21H;;;;;;/q-1;;;;;;/p-1. The van der Waals surface area contributed by atoms with Crippen molar-refractivity contribution in [2.75, 3.05) is 0 Å². The smallest absolute Gasteiger partial charge is 0.122 e. The summed E-state index contributed by atoms with van der Waals surface area (Å²) in [6.45, 7) is 0. The Bertz CT molecular complexity index is 805. The first-order valence-electron chi connectivity index (χ1n) is 6.49. The Labute approximate surface area is 318 Å². The molecule has 0 aliphatic carbocycles. The molecule has 0 fully saturated rings. The van der Waals surface area contributed by atoms with Crippen molar-refractivity contribution in [1.82, 2.24) is 0 Å². The molecule has 0 amide bonds. The molecule has 0 bridgehead atoms. The Morgan fingerprint density at radius 2 is 1.41 bits per heavy atom. The summed E-state index contributed by atoms with van der Waals surface area (Å²) in [5, 5.41) is 0. The number of hydrogen-bond donors (Lipinski definition) is 0. The Balaban J connectivity index is -0.000000441. The molecule has 9 heteroatoms. The van der Waals surface area contributed by atoms with Gasteiger partial charge in [-0.05, 0) is 5.56 Å². The minimum absolute atomic E-state index is 0. The van der Waals surface area contributed by atoms with E-state index in [1.165, 1.54) is 6.07 Å². The molecule has 27 heavy (non-hydrogen) atoms. The van der Waals surface area contributed by atoms with E-state index in [2.05, 4.69) is 6.07 Å². The topological polar surface area (TPSA) is 0 Å². The summed E-state index contributed by atoms with van der Waals surface area (Å²) in [6.07, 6.45) is 0. The molecule has 0 atom stereocenters. The van der Waals surface area contributed by atoms with Gasteiger partial charge in [0.1, 0.15) is 13.7 Å². The van der Waals surface area contributed by atoms with Crippen LogP contribution >= 0.6 is 0 Å². The van der Waals surface area contributed by atoms with Gasteiger partial charge in [-0.15, -0.1) is 41.4 Å². The Hall–Kier alpha value is 4.50. The fourth-order valence-corrected chi connectivity index (χ4v) is 2.39. The third-order valence-electron chi connectivity index (χ3n) is 3.31. The van der Waals surface area contributed by atoms with Gasteiger partial charge in [0, 0.05) is 202 Å². The third kappa shape index (κ3) is 11.5. The molecular weight excluding hydrogens is 812 g/mol. The van der Waals surface area contributed by atoms with Crippen LogP contribution in [0.5, 0.6) is 0 Å². The van der Waals surface area contributed by atoms with Crippen LogP contribution in [0.15, 0.2) is 65.6 Å². The Morgan fingerprint density at radius 3 is 1.93 bits per heavy atom. The van der Waals surface area contributed by atoms with Crippen molar-refractivity contribution in [1.29, 1.82) is 0 Å². The maximum absolute atomic E-state index is 14.4. The first kappa shape index (κ1) is 38.7. The molecule has 3 aromatic carbocycles. The molecule has 3 rings (SSSR count). The first-order chi connectivity index (χ1) is 10.1. The van der Waals surface area contributed by atoms with Crippen LogP contribution in [0.2, 0.25) is 0 Å². The monoisotopic (exact) mass is 821 g/mol. The third-order valence-corrected chi connectivity index (χ3v) is 3.67. The van der Waals surface area contributed by atoms with Gasteiger partial charge in [0.05, 0.1) is 0 Å². The second-order valence-electron chi connectivity index (χ2n) is 4.72. The first-order valence-corrected chi connectivity index (χ1v) is 6.89. The summed E-state index contributed by atoms with van der Waals surface area (Å²) in [5.41, 5.74) is 3.44. The molecule has 0 spiro atoms. The molecular formula is C18H10BFSY6-2. The van der Waals surface area contributed by atoms with Gasteiger partial charge in [0.2, 0.25) is 0 Å². The van der Waals surface area contributed by atoms with Crippen molar-refractivity contribution in [3.63, 3.8) is 0 Å². The van der Waals surface area contributed by atoms with Crippen molar-refractivity contribution in [3.05, 3.63) is 72.5 Å². The molecule has 0 saturated carbocycles. The van der Waals surface area contributed by atoms with E-state index < -0.39 is 0 Å². The fraction of sp³-hybridized carbons (Fsp3) is 0. The number of hydrogen-bond acceptors (Lipinski definition) is 1. The quantitative estimate of drug-likeness (QED) is 0.217. The molecule has 0 heterocycles. The Morgan fingerprint density at radius 1 is 0.778 bits per heavy atom. The van der Waals surface area contributed by atoms with Crippen molar-refractivity contribution in [2.24, 2.45) is 0 Å². The SMILES string of the molecule is [B]c1ccc(-c2ccc(-c3[c-]cccc3)cc2F)cc1[S-].[Y].[Y].[Y].[Y].[Y].[Y].